The number of thiazole rings is 1. The molecule has 2 N–H and O–H groups in total. The number of rotatable bonds is 3. The number of hydrogen-bond donors (Lipinski definition) is 2. The third kappa shape index (κ3) is 2.28. The van der Waals surface area contributed by atoms with Crippen LogP contribution in [-0.4, -0.2) is 32.8 Å². The van der Waals surface area contributed by atoms with Crippen LogP contribution in [0, 0.1) is 0 Å². The monoisotopic (exact) mass is 315 g/mol. The van der Waals surface area contributed by atoms with Gasteiger partial charge in [0.25, 0.3) is 0 Å². The molecular weight excluding hydrogens is 296 g/mol. The van der Waals surface area contributed by atoms with Gasteiger partial charge in [0, 0.05) is 5.56 Å². The number of piperidine rings is 1. The van der Waals surface area contributed by atoms with E-state index < -0.39 is 0 Å². The predicted molar refractivity (Wildman–Crippen MR) is 85.4 cm³/mol. The number of benzene rings is 1. The van der Waals surface area contributed by atoms with Crippen LogP contribution in [0.1, 0.15) is 35.7 Å². The van der Waals surface area contributed by atoms with Gasteiger partial charge in [0.2, 0.25) is 10.8 Å². The maximum absolute atomic E-state index is 10.6. The van der Waals surface area contributed by atoms with Gasteiger partial charge >= 0.3 is 0 Å². The Balaban J connectivity index is 1.82. The number of aromatic nitrogens is 3. The summed E-state index contributed by atoms with van der Waals surface area (Å²) in [5, 5.41) is 14.7. The molecule has 2 aromatic heterocycles. The van der Waals surface area contributed by atoms with Gasteiger partial charge in [-0.3, -0.25) is 0 Å². The second-order valence-corrected chi connectivity index (χ2v) is 6.82. The Morgan fingerprint density at radius 2 is 1.91 bits per heavy atom. The Hall–Kier alpha value is -1.92. The first-order valence-electron chi connectivity index (χ1n) is 7.75. The molecule has 0 saturated carbocycles. The van der Waals surface area contributed by atoms with Crippen LogP contribution in [0.4, 0.5) is 0 Å². The van der Waals surface area contributed by atoms with Crippen molar-refractivity contribution in [2.75, 3.05) is 13.1 Å². The van der Waals surface area contributed by atoms with Crippen LogP contribution >= 0.6 is 11.3 Å². The molecule has 1 atom stereocenters. The molecular formula is C16H19N4OS+. The summed E-state index contributed by atoms with van der Waals surface area (Å²) in [6.45, 7) is 2.29. The third-order valence-corrected chi connectivity index (χ3v) is 5.54. The van der Waals surface area contributed by atoms with Crippen molar-refractivity contribution < 1.29 is 10.0 Å². The molecule has 4 rings (SSSR count). The van der Waals surface area contributed by atoms with Crippen LogP contribution in [0.2, 0.25) is 0 Å². The molecule has 0 radical (unpaired) electrons. The molecule has 3 heterocycles. The number of hydrogen-bond acceptors (Lipinski definition) is 4. The molecule has 5 nitrogen and oxygen atoms in total. The van der Waals surface area contributed by atoms with Crippen molar-refractivity contribution in [3.05, 3.63) is 47.1 Å². The molecule has 1 saturated heterocycles. The summed E-state index contributed by atoms with van der Waals surface area (Å²) >= 11 is 1.55. The van der Waals surface area contributed by atoms with Crippen molar-refractivity contribution in [1.82, 2.24) is 14.6 Å². The molecule has 114 valence electrons. The van der Waals surface area contributed by atoms with E-state index in [1.165, 1.54) is 36.1 Å². The number of likely N-dealkylation sites (tertiary alicyclic amines) is 1. The molecule has 0 spiro atoms. The molecule has 0 amide bonds. The summed E-state index contributed by atoms with van der Waals surface area (Å²) in [5.41, 5.74) is 1.25. The van der Waals surface area contributed by atoms with Gasteiger partial charge in [0.15, 0.2) is 6.04 Å². The first kappa shape index (κ1) is 13.7. The summed E-state index contributed by atoms with van der Waals surface area (Å²) < 4.78 is 1.54. The highest BCUT2D eigenvalue weighted by molar-refractivity contribution is 7.17. The average Bonchev–Trinajstić information content (AvgIpc) is 3.14. The lowest BCUT2D eigenvalue weighted by Crippen LogP contribution is -3.13. The van der Waals surface area contributed by atoms with E-state index in [0.717, 1.165) is 22.9 Å². The van der Waals surface area contributed by atoms with Gasteiger partial charge < -0.3 is 10.0 Å². The van der Waals surface area contributed by atoms with Gasteiger partial charge in [0.1, 0.15) is 11.2 Å². The smallest absolute Gasteiger partial charge is 0.235 e. The first-order chi connectivity index (χ1) is 10.8. The van der Waals surface area contributed by atoms with Crippen LogP contribution in [0.3, 0.4) is 0 Å². The van der Waals surface area contributed by atoms with Crippen LogP contribution in [0.25, 0.3) is 4.96 Å². The minimum Gasteiger partial charge on any atom is -0.492 e. The summed E-state index contributed by atoms with van der Waals surface area (Å²) in [7, 11) is 0. The van der Waals surface area contributed by atoms with Crippen molar-refractivity contribution in [3.8, 4) is 5.88 Å². The first-order valence-corrected chi connectivity index (χ1v) is 8.57. The van der Waals surface area contributed by atoms with E-state index in [0.29, 0.717) is 0 Å². The second kappa shape index (κ2) is 5.70. The molecule has 6 heteroatoms. The standard InChI is InChI=1S/C16H18N4OS/c21-15-14(22-16-17-11-18-20(15)16)13(12-7-3-1-4-8-12)19-9-5-2-6-10-19/h1,3-4,7-8,11,13,21H,2,5-6,9-10H2/p+1/t13-/m0/s1. The van der Waals surface area contributed by atoms with Gasteiger partial charge in [-0.2, -0.15) is 9.61 Å². The third-order valence-electron chi connectivity index (χ3n) is 4.44. The second-order valence-electron chi connectivity index (χ2n) is 5.81. The highest BCUT2D eigenvalue weighted by Gasteiger charge is 2.33. The molecule has 1 aliphatic rings. The number of nitrogens with zero attached hydrogens (tertiary/aromatic N) is 3. The van der Waals surface area contributed by atoms with Crippen molar-refractivity contribution >= 4 is 16.3 Å². The minimum atomic E-state index is 0.162. The van der Waals surface area contributed by atoms with Crippen molar-refractivity contribution in [1.29, 1.82) is 0 Å². The largest absolute Gasteiger partial charge is 0.492 e. The SMILES string of the molecule is Oc1c([C@H](c2ccccc2)[NH+]2CCCCC2)sc2ncnn12. The Morgan fingerprint density at radius 3 is 2.64 bits per heavy atom. The van der Waals surface area contributed by atoms with Gasteiger partial charge in [-0.1, -0.05) is 41.7 Å². The van der Waals surface area contributed by atoms with Crippen molar-refractivity contribution in [2.45, 2.75) is 25.3 Å². The van der Waals surface area contributed by atoms with E-state index >= 15 is 0 Å². The summed E-state index contributed by atoms with van der Waals surface area (Å²) in [6, 6.07) is 10.6. The number of fused-ring (bicyclic) bond motifs is 1. The number of aromatic hydroxyl groups is 1. The van der Waals surface area contributed by atoms with Crippen molar-refractivity contribution in [2.24, 2.45) is 0 Å². The van der Waals surface area contributed by atoms with Crippen LogP contribution < -0.4 is 4.90 Å². The van der Waals surface area contributed by atoms with E-state index in [2.05, 4.69) is 34.3 Å². The Bertz CT molecular complexity index is 761. The fourth-order valence-corrected chi connectivity index (χ4v) is 4.51. The topological polar surface area (TPSA) is 54.9 Å². The lowest BCUT2D eigenvalue weighted by Gasteiger charge is -2.31. The summed E-state index contributed by atoms with van der Waals surface area (Å²) in [6.07, 6.45) is 5.30. The highest BCUT2D eigenvalue weighted by Crippen LogP contribution is 2.34. The van der Waals surface area contributed by atoms with E-state index in [9.17, 15) is 5.11 Å². The zero-order valence-corrected chi connectivity index (χ0v) is 13.1. The van der Waals surface area contributed by atoms with Gasteiger partial charge in [0.05, 0.1) is 13.1 Å². The van der Waals surface area contributed by atoms with E-state index in [4.69, 9.17) is 0 Å². The molecule has 0 aliphatic carbocycles. The number of nitrogens with one attached hydrogen (secondary N) is 1. The Labute approximate surface area is 132 Å². The lowest BCUT2D eigenvalue weighted by molar-refractivity contribution is -0.929. The molecule has 1 aromatic carbocycles. The lowest BCUT2D eigenvalue weighted by atomic mass is 10.0. The van der Waals surface area contributed by atoms with Gasteiger partial charge in [-0.05, 0) is 19.3 Å². The number of quaternary nitrogens is 1. The highest BCUT2D eigenvalue weighted by atomic mass is 32.1. The van der Waals surface area contributed by atoms with E-state index in [1.54, 1.807) is 15.9 Å². The predicted octanol–water partition coefficient (Wildman–Crippen LogP) is 1.65. The molecule has 3 aromatic rings. The van der Waals surface area contributed by atoms with Crippen LogP contribution in [0.5, 0.6) is 5.88 Å². The molecule has 1 aliphatic heterocycles. The normalized spacial score (nSPS) is 17.8. The van der Waals surface area contributed by atoms with Crippen molar-refractivity contribution in [3.63, 3.8) is 0 Å². The van der Waals surface area contributed by atoms with Crippen LogP contribution in [0.15, 0.2) is 36.7 Å². The fourth-order valence-electron chi connectivity index (χ4n) is 3.39. The zero-order valence-electron chi connectivity index (χ0n) is 12.3. The molecule has 0 unspecified atom stereocenters. The minimum absolute atomic E-state index is 0.162. The molecule has 22 heavy (non-hydrogen) atoms. The maximum Gasteiger partial charge on any atom is 0.235 e. The summed E-state index contributed by atoms with van der Waals surface area (Å²) in [5.74, 6) is 0.240. The Morgan fingerprint density at radius 1 is 1.14 bits per heavy atom. The van der Waals surface area contributed by atoms with E-state index in [1.807, 2.05) is 6.07 Å². The fraction of sp³-hybridized carbons (Fsp3) is 0.375. The molecule has 0 bridgehead atoms. The average molecular weight is 315 g/mol. The summed E-state index contributed by atoms with van der Waals surface area (Å²) in [4.78, 5) is 7.47. The quantitative estimate of drug-likeness (QED) is 0.773. The Kier molecular flexibility index (Phi) is 3.56. The van der Waals surface area contributed by atoms with Gasteiger partial charge in [-0.25, -0.2) is 4.98 Å². The zero-order chi connectivity index (χ0) is 14.9. The maximum atomic E-state index is 10.6. The van der Waals surface area contributed by atoms with Gasteiger partial charge in [-0.15, -0.1) is 0 Å². The van der Waals surface area contributed by atoms with E-state index in [-0.39, 0.29) is 11.9 Å². The molecule has 1 fully saturated rings. The van der Waals surface area contributed by atoms with Crippen LogP contribution in [-0.2, 0) is 0 Å².